The first-order chi connectivity index (χ1) is 10.2. The van der Waals surface area contributed by atoms with Gasteiger partial charge in [0.1, 0.15) is 0 Å². The molecule has 1 aliphatic rings. The maximum atomic E-state index is 9.47. The van der Waals surface area contributed by atoms with Gasteiger partial charge < -0.3 is 5.11 Å². The van der Waals surface area contributed by atoms with Crippen molar-refractivity contribution >= 4 is 11.3 Å². The lowest BCUT2D eigenvalue weighted by Gasteiger charge is -2.32. The van der Waals surface area contributed by atoms with E-state index >= 15 is 0 Å². The Labute approximate surface area is 128 Å². The first-order valence-corrected chi connectivity index (χ1v) is 8.25. The Bertz CT molecular complexity index is 545. The van der Waals surface area contributed by atoms with Gasteiger partial charge in [-0.2, -0.15) is 5.21 Å². The number of H-pyrrole nitrogens is 1. The van der Waals surface area contributed by atoms with Crippen molar-refractivity contribution in [2.24, 2.45) is 5.92 Å². The molecule has 3 rings (SSSR count). The fourth-order valence-electron chi connectivity index (χ4n) is 2.93. The highest BCUT2D eigenvalue weighted by Crippen LogP contribution is 2.28. The number of likely N-dealkylation sites (tertiary alicyclic amines) is 1. The van der Waals surface area contributed by atoms with Crippen molar-refractivity contribution in [3.63, 3.8) is 0 Å². The van der Waals surface area contributed by atoms with Crippen LogP contribution >= 0.6 is 11.3 Å². The molecule has 3 heterocycles. The fourth-order valence-corrected chi connectivity index (χ4v) is 3.91. The lowest BCUT2D eigenvalue weighted by Crippen LogP contribution is -2.33. The van der Waals surface area contributed by atoms with E-state index in [1.165, 1.54) is 17.7 Å². The fraction of sp³-hybridized carbons (Fsp3) is 0.643. The summed E-state index contributed by atoms with van der Waals surface area (Å²) >= 11 is 1.73. The number of hydrogen-bond donors (Lipinski definition) is 2. The SMILES string of the molecule is CC(O)CC1CCN(Cc2ccc(-c3nn[nH]n3)s2)CC1. The van der Waals surface area contributed by atoms with Crippen LogP contribution in [-0.4, -0.2) is 49.8 Å². The van der Waals surface area contributed by atoms with Crippen molar-refractivity contribution in [2.45, 2.75) is 38.8 Å². The third-order valence-electron chi connectivity index (χ3n) is 3.99. The molecule has 0 amide bonds. The van der Waals surface area contributed by atoms with Gasteiger partial charge in [-0.05, 0) is 62.5 Å². The minimum atomic E-state index is -0.170. The highest BCUT2D eigenvalue weighted by molar-refractivity contribution is 7.15. The van der Waals surface area contributed by atoms with Crippen molar-refractivity contribution in [3.8, 4) is 10.7 Å². The summed E-state index contributed by atoms with van der Waals surface area (Å²) in [7, 11) is 0. The van der Waals surface area contributed by atoms with Crippen LogP contribution in [0.4, 0.5) is 0 Å². The molecule has 114 valence electrons. The normalized spacial score (nSPS) is 19.0. The Morgan fingerprint density at radius 1 is 1.43 bits per heavy atom. The number of piperidine rings is 1. The van der Waals surface area contributed by atoms with E-state index in [-0.39, 0.29) is 6.10 Å². The highest BCUT2D eigenvalue weighted by Gasteiger charge is 2.21. The summed E-state index contributed by atoms with van der Waals surface area (Å²) in [6.07, 6.45) is 3.15. The van der Waals surface area contributed by atoms with E-state index in [0.717, 1.165) is 30.9 Å². The highest BCUT2D eigenvalue weighted by atomic mass is 32.1. The summed E-state index contributed by atoms with van der Waals surface area (Å²) in [5.74, 6) is 1.35. The molecule has 2 aromatic rings. The summed E-state index contributed by atoms with van der Waals surface area (Å²) < 4.78 is 0. The average Bonchev–Trinajstić information content (AvgIpc) is 3.11. The van der Waals surface area contributed by atoms with Crippen LogP contribution in [0.5, 0.6) is 0 Å². The van der Waals surface area contributed by atoms with Crippen LogP contribution in [0.25, 0.3) is 10.7 Å². The van der Waals surface area contributed by atoms with Gasteiger partial charge in [-0.15, -0.1) is 21.5 Å². The quantitative estimate of drug-likeness (QED) is 0.882. The van der Waals surface area contributed by atoms with Crippen molar-refractivity contribution in [3.05, 3.63) is 17.0 Å². The van der Waals surface area contributed by atoms with E-state index < -0.39 is 0 Å². The molecule has 0 spiro atoms. The zero-order valence-electron chi connectivity index (χ0n) is 12.2. The predicted octanol–water partition coefficient (Wildman–Crippen LogP) is 1.91. The largest absolute Gasteiger partial charge is 0.393 e. The molecule has 7 heteroatoms. The van der Waals surface area contributed by atoms with Crippen LogP contribution in [0, 0.1) is 5.92 Å². The van der Waals surface area contributed by atoms with Crippen LogP contribution < -0.4 is 0 Å². The van der Waals surface area contributed by atoms with Gasteiger partial charge in [-0.25, -0.2) is 0 Å². The lowest BCUT2D eigenvalue weighted by atomic mass is 9.91. The molecule has 0 radical (unpaired) electrons. The molecule has 0 aliphatic carbocycles. The first kappa shape index (κ1) is 14.6. The van der Waals surface area contributed by atoms with Gasteiger partial charge in [0.05, 0.1) is 11.0 Å². The predicted molar refractivity (Wildman–Crippen MR) is 81.8 cm³/mol. The summed E-state index contributed by atoms with van der Waals surface area (Å²) in [4.78, 5) is 4.89. The van der Waals surface area contributed by atoms with Crippen LogP contribution in [0.3, 0.4) is 0 Å². The number of hydrogen-bond acceptors (Lipinski definition) is 6. The molecule has 6 nitrogen and oxygen atoms in total. The van der Waals surface area contributed by atoms with E-state index in [9.17, 15) is 5.11 Å². The summed E-state index contributed by atoms with van der Waals surface area (Å²) in [5, 5.41) is 23.6. The molecule has 0 aromatic carbocycles. The number of tetrazole rings is 1. The molecule has 1 saturated heterocycles. The van der Waals surface area contributed by atoms with Crippen molar-refractivity contribution < 1.29 is 5.11 Å². The molecule has 0 bridgehead atoms. The summed E-state index contributed by atoms with van der Waals surface area (Å²) in [6.45, 7) is 5.11. The maximum Gasteiger partial charge on any atom is 0.214 e. The molecule has 2 aromatic heterocycles. The van der Waals surface area contributed by atoms with Gasteiger partial charge in [0, 0.05) is 11.4 Å². The van der Waals surface area contributed by atoms with Crippen molar-refractivity contribution in [2.75, 3.05) is 13.1 Å². The third-order valence-corrected chi connectivity index (χ3v) is 5.05. The number of rotatable bonds is 5. The second kappa shape index (κ2) is 6.64. The van der Waals surface area contributed by atoms with Crippen molar-refractivity contribution in [1.29, 1.82) is 0 Å². The molecular formula is C14H21N5OS. The monoisotopic (exact) mass is 307 g/mol. The van der Waals surface area contributed by atoms with E-state index in [1.807, 2.05) is 6.92 Å². The number of aromatic nitrogens is 4. The number of aliphatic hydroxyl groups is 1. The maximum absolute atomic E-state index is 9.47. The Kier molecular flexibility index (Phi) is 4.62. The number of aromatic amines is 1. The van der Waals surface area contributed by atoms with Gasteiger partial charge in [0.2, 0.25) is 5.82 Å². The smallest absolute Gasteiger partial charge is 0.214 e. The van der Waals surface area contributed by atoms with Gasteiger partial charge in [-0.1, -0.05) is 0 Å². The Morgan fingerprint density at radius 3 is 2.90 bits per heavy atom. The summed E-state index contributed by atoms with van der Waals surface area (Å²) in [6, 6.07) is 4.21. The molecular weight excluding hydrogens is 286 g/mol. The Hall–Kier alpha value is -1.31. The first-order valence-electron chi connectivity index (χ1n) is 7.43. The molecule has 1 unspecified atom stereocenters. The van der Waals surface area contributed by atoms with Gasteiger partial charge in [0.25, 0.3) is 0 Å². The average molecular weight is 307 g/mol. The van der Waals surface area contributed by atoms with E-state index in [4.69, 9.17) is 0 Å². The second-order valence-corrected chi connectivity index (χ2v) is 6.97. The van der Waals surface area contributed by atoms with Crippen LogP contribution in [-0.2, 0) is 6.54 Å². The summed E-state index contributed by atoms with van der Waals surface area (Å²) in [5.41, 5.74) is 0. The second-order valence-electron chi connectivity index (χ2n) is 5.81. The lowest BCUT2D eigenvalue weighted by molar-refractivity contribution is 0.116. The molecule has 1 atom stereocenters. The van der Waals surface area contributed by atoms with Gasteiger partial charge in [-0.3, -0.25) is 4.90 Å². The van der Waals surface area contributed by atoms with Crippen LogP contribution in [0.2, 0.25) is 0 Å². The molecule has 1 aliphatic heterocycles. The number of nitrogens with zero attached hydrogens (tertiary/aromatic N) is 4. The molecule has 2 N–H and O–H groups in total. The zero-order chi connectivity index (χ0) is 14.7. The van der Waals surface area contributed by atoms with Crippen molar-refractivity contribution in [1.82, 2.24) is 25.5 Å². The minimum Gasteiger partial charge on any atom is -0.393 e. The van der Waals surface area contributed by atoms with E-state index in [2.05, 4.69) is 37.7 Å². The third kappa shape index (κ3) is 3.87. The number of nitrogens with one attached hydrogen (secondary N) is 1. The standard InChI is InChI=1S/C14H21N5OS/c1-10(20)8-11-4-6-19(7-5-11)9-12-2-3-13(21-12)14-15-17-18-16-14/h2-3,10-11,20H,4-9H2,1H3,(H,15,16,17,18). The number of thiophene rings is 1. The number of aliphatic hydroxyl groups excluding tert-OH is 1. The minimum absolute atomic E-state index is 0.170. The molecule has 0 saturated carbocycles. The molecule has 1 fully saturated rings. The Morgan fingerprint density at radius 2 is 2.24 bits per heavy atom. The van der Waals surface area contributed by atoms with E-state index in [0.29, 0.717) is 11.7 Å². The van der Waals surface area contributed by atoms with E-state index in [1.54, 1.807) is 11.3 Å². The van der Waals surface area contributed by atoms with Gasteiger partial charge in [0.15, 0.2) is 0 Å². The van der Waals surface area contributed by atoms with Crippen LogP contribution in [0.1, 0.15) is 31.1 Å². The zero-order valence-corrected chi connectivity index (χ0v) is 13.0. The topological polar surface area (TPSA) is 77.9 Å². The van der Waals surface area contributed by atoms with Crippen LogP contribution in [0.15, 0.2) is 12.1 Å². The molecule has 21 heavy (non-hydrogen) atoms. The van der Waals surface area contributed by atoms with Gasteiger partial charge >= 0.3 is 0 Å². The Balaban J connectivity index is 1.52.